The van der Waals surface area contributed by atoms with E-state index in [4.69, 9.17) is 4.74 Å². The van der Waals surface area contributed by atoms with Crippen molar-refractivity contribution in [1.82, 2.24) is 9.78 Å². The van der Waals surface area contributed by atoms with Crippen molar-refractivity contribution in [1.29, 1.82) is 0 Å². The van der Waals surface area contributed by atoms with Gasteiger partial charge in [-0.2, -0.15) is 5.10 Å². The molecule has 3 heterocycles. The Morgan fingerprint density at radius 2 is 2.12 bits per heavy atom. The number of rotatable bonds is 2. The van der Waals surface area contributed by atoms with Gasteiger partial charge in [0.15, 0.2) is 5.82 Å². The van der Waals surface area contributed by atoms with Crippen LogP contribution in [0.15, 0.2) is 24.4 Å². The summed E-state index contributed by atoms with van der Waals surface area (Å²) < 4.78 is 7.67. The van der Waals surface area contributed by atoms with Crippen molar-refractivity contribution in [2.45, 2.75) is 25.5 Å². The van der Waals surface area contributed by atoms with Gasteiger partial charge in [-0.15, -0.1) is 0 Å². The van der Waals surface area contributed by atoms with Crippen LogP contribution in [0.2, 0.25) is 0 Å². The predicted octanol–water partition coefficient (Wildman–Crippen LogP) is 1.96. The minimum Gasteiger partial charge on any atom is -0.357 e. The van der Waals surface area contributed by atoms with Crippen LogP contribution < -0.4 is 4.90 Å². The molecule has 1 atom stereocenters. The molecule has 4 nitrogen and oxygen atoms in total. The third kappa shape index (κ3) is 1.85. The normalized spacial score (nSPS) is 25.2. The van der Waals surface area contributed by atoms with Crippen LogP contribution in [0.4, 0.5) is 5.82 Å². The molecule has 1 aromatic rings. The first-order valence-corrected chi connectivity index (χ1v) is 6.00. The van der Waals surface area contributed by atoms with E-state index in [1.165, 1.54) is 12.8 Å². The second-order valence-electron chi connectivity index (χ2n) is 4.35. The molecule has 0 spiro atoms. The van der Waals surface area contributed by atoms with E-state index in [1.807, 2.05) is 10.9 Å². The molecule has 3 rings (SSSR count). The zero-order chi connectivity index (χ0) is 10.8. The topological polar surface area (TPSA) is 30.3 Å². The number of aromatic nitrogens is 2. The lowest BCUT2D eigenvalue weighted by molar-refractivity contribution is -0.0393. The smallest absolute Gasteiger partial charge is 0.151 e. The summed E-state index contributed by atoms with van der Waals surface area (Å²) in [7, 11) is 0. The van der Waals surface area contributed by atoms with Crippen molar-refractivity contribution in [3.05, 3.63) is 24.4 Å². The Kier molecular flexibility index (Phi) is 2.66. The van der Waals surface area contributed by atoms with Crippen molar-refractivity contribution in [2.75, 3.05) is 24.6 Å². The summed E-state index contributed by atoms with van der Waals surface area (Å²) in [6, 6.07) is 2.07. The zero-order valence-electron chi connectivity index (χ0n) is 9.38. The van der Waals surface area contributed by atoms with Crippen molar-refractivity contribution < 1.29 is 4.74 Å². The quantitative estimate of drug-likeness (QED) is 0.712. The van der Waals surface area contributed by atoms with Crippen LogP contribution in [-0.2, 0) is 4.74 Å². The summed E-state index contributed by atoms with van der Waals surface area (Å²) in [5.74, 6) is 1.05. The first-order valence-electron chi connectivity index (χ1n) is 6.00. The van der Waals surface area contributed by atoms with Crippen molar-refractivity contribution in [2.24, 2.45) is 0 Å². The van der Waals surface area contributed by atoms with Crippen molar-refractivity contribution >= 4 is 5.82 Å². The van der Waals surface area contributed by atoms with E-state index in [9.17, 15) is 0 Å². The number of ether oxygens (including phenoxy) is 1. The monoisotopic (exact) mass is 219 g/mol. The Balaban J connectivity index is 1.71. The molecule has 16 heavy (non-hydrogen) atoms. The van der Waals surface area contributed by atoms with Crippen LogP contribution in [0.5, 0.6) is 0 Å². The lowest BCUT2D eigenvalue weighted by atomic mass is 10.2. The van der Waals surface area contributed by atoms with Gasteiger partial charge < -0.3 is 9.64 Å². The highest BCUT2D eigenvalue weighted by Gasteiger charge is 2.18. The lowest BCUT2D eigenvalue weighted by Gasteiger charge is -2.23. The SMILES string of the molecule is C1=CCN(c2ccn(C3CCCCO3)n2)C1. The third-order valence-electron chi connectivity index (χ3n) is 3.19. The molecule has 1 unspecified atom stereocenters. The fraction of sp³-hybridized carbons (Fsp3) is 0.583. The Hall–Kier alpha value is -1.29. The van der Waals surface area contributed by atoms with Crippen LogP contribution in [0.25, 0.3) is 0 Å². The van der Waals surface area contributed by atoms with Gasteiger partial charge in [-0.3, -0.25) is 0 Å². The molecule has 2 aliphatic rings. The number of hydrogen-bond donors (Lipinski definition) is 0. The summed E-state index contributed by atoms with van der Waals surface area (Å²) in [4.78, 5) is 2.25. The fourth-order valence-electron chi connectivity index (χ4n) is 2.25. The first-order chi connectivity index (χ1) is 7.93. The van der Waals surface area contributed by atoms with Gasteiger partial charge in [0.05, 0.1) is 0 Å². The molecule has 0 N–H and O–H groups in total. The van der Waals surface area contributed by atoms with Crippen LogP contribution >= 0.6 is 0 Å². The molecule has 0 bridgehead atoms. The van der Waals surface area contributed by atoms with Crippen LogP contribution in [0, 0.1) is 0 Å². The zero-order valence-corrected chi connectivity index (χ0v) is 9.38. The molecule has 1 aromatic heterocycles. The molecule has 0 radical (unpaired) electrons. The van der Waals surface area contributed by atoms with E-state index in [0.29, 0.717) is 0 Å². The van der Waals surface area contributed by atoms with Gasteiger partial charge in [0.2, 0.25) is 0 Å². The molecular weight excluding hydrogens is 202 g/mol. The fourth-order valence-corrected chi connectivity index (χ4v) is 2.25. The van der Waals surface area contributed by atoms with Gasteiger partial charge in [-0.05, 0) is 19.3 Å². The summed E-state index contributed by atoms with van der Waals surface area (Å²) in [6.45, 7) is 2.82. The average molecular weight is 219 g/mol. The third-order valence-corrected chi connectivity index (χ3v) is 3.19. The molecule has 0 saturated carbocycles. The van der Waals surface area contributed by atoms with Crippen LogP contribution in [0.3, 0.4) is 0 Å². The van der Waals surface area contributed by atoms with Gasteiger partial charge in [-0.1, -0.05) is 12.2 Å². The predicted molar refractivity (Wildman–Crippen MR) is 62.4 cm³/mol. The highest BCUT2D eigenvalue weighted by atomic mass is 16.5. The summed E-state index contributed by atoms with van der Waals surface area (Å²) in [5.41, 5.74) is 0. The molecule has 1 fully saturated rings. The number of anilines is 1. The van der Waals surface area contributed by atoms with E-state index in [1.54, 1.807) is 0 Å². The molecule has 2 aliphatic heterocycles. The highest BCUT2D eigenvalue weighted by Crippen LogP contribution is 2.23. The summed E-state index contributed by atoms with van der Waals surface area (Å²) in [6.07, 6.45) is 10.0. The van der Waals surface area contributed by atoms with Gasteiger partial charge in [0.1, 0.15) is 6.23 Å². The van der Waals surface area contributed by atoms with E-state index in [-0.39, 0.29) is 6.23 Å². The molecule has 1 saturated heterocycles. The van der Waals surface area contributed by atoms with E-state index in [2.05, 4.69) is 28.2 Å². The van der Waals surface area contributed by atoms with E-state index >= 15 is 0 Å². The maximum absolute atomic E-state index is 5.71. The Labute approximate surface area is 95.5 Å². The average Bonchev–Trinajstić information content (AvgIpc) is 3.01. The standard InChI is InChI=1S/C12H17N3O/c1-4-10-16-12(5-1)15-9-6-11(13-15)14-7-2-3-8-14/h2-3,6,9,12H,1,4-5,7-8,10H2. The Bertz CT molecular complexity index is 371. The van der Waals surface area contributed by atoms with Gasteiger partial charge >= 0.3 is 0 Å². The maximum Gasteiger partial charge on any atom is 0.151 e. The second kappa shape index (κ2) is 4.29. The molecule has 86 valence electrons. The Morgan fingerprint density at radius 1 is 1.25 bits per heavy atom. The van der Waals surface area contributed by atoms with Gasteiger partial charge in [0.25, 0.3) is 0 Å². The van der Waals surface area contributed by atoms with Crippen LogP contribution in [0.1, 0.15) is 25.5 Å². The summed E-state index contributed by atoms with van der Waals surface area (Å²) >= 11 is 0. The number of nitrogens with zero attached hydrogens (tertiary/aromatic N) is 3. The van der Waals surface area contributed by atoms with Crippen molar-refractivity contribution in [3.63, 3.8) is 0 Å². The first kappa shape index (κ1) is 9.90. The largest absolute Gasteiger partial charge is 0.357 e. The maximum atomic E-state index is 5.71. The molecule has 4 heteroatoms. The number of hydrogen-bond acceptors (Lipinski definition) is 3. The van der Waals surface area contributed by atoms with Gasteiger partial charge in [0, 0.05) is 32.0 Å². The van der Waals surface area contributed by atoms with E-state index in [0.717, 1.165) is 31.9 Å². The molecule has 0 amide bonds. The second-order valence-corrected chi connectivity index (χ2v) is 4.35. The highest BCUT2D eigenvalue weighted by molar-refractivity contribution is 5.41. The molecule has 0 aromatic carbocycles. The van der Waals surface area contributed by atoms with Crippen LogP contribution in [-0.4, -0.2) is 29.5 Å². The summed E-state index contributed by atoms with van der Waals surface area (Å²) in [5, 5.41) is 4.59. The van der Waals surface area contributed by atoms with Crippen molar-refractivity contribution in [3.8, 4) is 0 Å². The van der Waals surface area contributed by atoms with Gasteiger partial charge in [-0.25, -0.2) is 4.68 Å². The minimum absolute atomic E-state index is 0.151. The lowest BCUT2D eigenvalue weighted by Crippen LogP contribution is -2.21. The molecular formula is C12H17N3O. The Morgan fingerprint density at radius 3 is 2.88 bits per heavy atom. The molecule has 0 aliphatic carbocycles. The minimum atomic E-state index is 0.151. The van der Waals surface area contributed by atoms with E-state index < -0.39 is 0 Å².